The Balaban J connectivity index is 1.41. The zero-order chi connectivity index (χ0) is 23.6. The highest BCUT2D eigenvalue weighted by molar-refractivity contribution is 5.99. The Morgan fingerprint density at radius 3 is 2.64 bits per heavy atom. The number of nitrogens with one attached hydrogen (secondary N) is 2. The van der Waals surface area contributed by atoms with Crippen molar-refractivity contribution in [2.45, 2.75) is 26.2 Å². The molecule has 3 heterocycles. The van der Waals surface area contributed by atoms with Crippen molar-refractivity contribution in [3.8, 4) is 23.1 Å². The SMILES string of the molecule is Cn1cnc(-c2nccc(Oc3ccc(NC(=O)Nc4cc(C(C)(C)C)no4)c(F)c3)n2)c1. The predicted molar refractivity (Wildman–Crippen MR) is 119 cm³/mol. The molecule has 0 bridgehead atoms. The van der Waals surface area contributed by atoms with Gasteiger partial charge in [-0.1, -0.05) is 25.9 Å². The Morgan fingerprint density at radius 2 is 1.97 bits per heavy atom. The standard InChI is InChI=1S/C22H22FN7O3/c1-22(2,3)17-10-19(33-29-17)28-21(31)26-15-6-5-13(9-14(15)23)32-18-7-8-24-20(27-18)16-11-30(4)12-25-16/h5-12H,1-4H3,(H2,26,28,31). The number of aromatic nitrogens is 5. The Kier molecular flexibility index (Phi) is 5.78. The summed E-state index contributed by atoms with van der Waals surface area (Å²) in [6.45, 7) is 5.90. The molecule has 0 radical (unpaired) electrons. The van der Waals surface area contributed by atoms with E-state index in [1.54, 1.807) is 29.2 Å². The number of rotatable bonds is 5. The van der Waals surface area contributed by atoms with Crippen molar-refractivity contribution in [2.24, 2.45) is 7.05 Å². The number of urea groups is 1. The van der Waals surface area contributed by atoms with Crippen molar-refractivity contribution in [1.82, 2.24) is 24.7 Å². The molecule has 1 aromatic carbocycles. The van der Waals surface area contributed by atoms with Crippen LogP contribution in [-0.4, -0.2) is 30.7 Å². The molecule has 33 heavy (non-hydrogen) atoms. The van der Waals surface area contributed by atoms with Crippen LogP contribution in [0.2, 0.25) is 0 Å². The molecule has 3 aromatic heterocycles. The third kappa shape index (κ3) is 5.32. The smallest absolute Gasteiger partial charge is 0.326 e. The monoisotopic (exact) mass is 451 g/mol. The zero-order valence-corrected chi connectivity index (χ0v) is 18.5. The molecule has 10 nitrogen and oxygen atoms in total. The zero-order valence-electron chi connectivity index (χ0n) is 18.5. The Bertz CT molecular complexity index is 1290. The molecular formula is C22H22FN7O3. The quantitative estimate of drug-likeness (QED) is 0.450. The van der Waals surface area contributed by atoms with Gasteiger partial charge in [0.2, 0.25) is 11.8 Å². The highest BCUT2D eigenvalue weighted by Gasteiger charge is 2.20. The topological polar surface area (TPSA) is 120 Å². The molecule has 0 aliphatic carbocycles. The number of anilines is 2. The van der Waals surface area contributed by atoms with E-state index < -0.39 is 11.8 Å². The minimum atomic E-state index is -0.686. The summed E-state index contributed by atoms with van der Waals surface area (Å²) >= 11 is 0. The fourth-order valence-electron chi connectivity index (χ4n) is 2.79. The maximum atomic E-state index is 14.6. The van der Waals surface area contributed by atoms with Gasteiger partial charge in [0.1, 0.15) is 17.3 Å². The number of ether oxygens (including phenoxy) is 1. The summed E-state index contributed by atoms with van der Waals surface area (Å²) in [4.78, 5) is 24.9. The van der Waals surface area contributed by atoms with Crippen molar-refractivity contribution in [3.63, 3.8) is 0 Å². The lowest BCUT2D eigenvalue weighted by Gasteiger charge is -2.12. The molecule has 0 aliphatic heterocycles. The number of hydrogen-bond acceptors (Lipinski definition) is 7. The number of amides is 2. The molecule has 0 saturated heterocycles. The van der Waals surface area contributed by atoms with Gasteiger partial charge in [-0.2, -0.15) is 4.98 Å². The minimum Gasteiger partial charge on any atom is -0.439 e. The van der Waals surface area contributed by atoms with E-state index in [0.717, 1.165) is 6.07 Å². The summed E-state index contributed by atoms with van der Waals surface area (Å²) in [6.07, 6.45) is 4.93. The molecule has 0 aliphatic rings. The van der Waals surface area contributed by atoms with Gasteiger partial charge in [-0.3, -0.25) is 5.32 Å². The highest BCUT2D eigenvalue weighted by atomic mass is 19.1. The van der Waals surface area contributed by atoms with E-state index >= 15 is 0 Å². The van der Waals surface area contributed by atoms with Crippen molar-refractivity contribution in [3.05, 3.63) is 60.6 Å². The summed E-state index contributed by atoms with van der Waals surface area (Å²) in [5.41, 5.74) is 0.999. The van der Waals surface area contributed by atoms with E-state index in [1.807, 2.05) is 27.8 Å². The Hall–Kier alpha value is -4.28. The third-order valence-corrected chi connectivity index (χ3v) is 4.49. The number of imidazole rings is 1. The largest absolute Gasteiger partial charge is 0.439 e. The van der Waals surface area contributed by atoms with Crippen LogP contribution in [0, 0.1) is 5.82 Å². The Morgan fingerprint density at radius 1 is 1.15 bits per heavy atom. The molecule has 4 aromatic rings. The van der Waals surface area contributed by atoms with Crippen molar-refractivity contribution >= 4 is 17.6 Å². The molecule has 0 fully saturated rings. The maximum Gasteiger partial charge on any atom is 0.326 e. The second-order valence-corrected chi connectivity index (χ2v) is 8.29. The van der Waals surface area contributed by atoms with Crippen LogP contribution >= 0.6 is 0 Å². The fraction of sp³-hybridized carbons (Fsp3) is 0.227. The lowest BCUT2D eigenvalue weighted by Crippen LogP contribution is -2.19. The van der Waals surface area contributed by atoms with Crippen LogP contribution in [0.3, 0.4) is 0 Å². The van der Waals surface area contributed by atoms with E-state index in [9.17, 15) is 9.18 Å². The third-order valence-electron chi connectivity index (χ3n) is 4.49. The van der Waals surface area contributed by atoms with Crippen molar-refractivity contribution < 1.29 is 18.4 Å². The van der Waals surface area contributed by atoms with Gasteiger partial charge in [-0.25, -0.2) is 19.2 Å². The molecule has 0 spiro atoms. The molecule has 2 amide bonds. The first-order valence-electron chi connectivity index (χ1n) is 10.0. The van der Waals surface area contributed by atoms with Gasteiger partial charge >= 0.3 is 6.03 Å². The van der Waals surface area contributed by atoms with Gasteiger partial charge in [0.25, 0.3) is 0 Å². The summed E-state index contributed by atoms with van der Waals surface area (Å²) < 4.78 is 27.1. The first-order chi connectivity index (χ1) is 15.7. The number of benzene rings is 1. The molecular weight excluding hydrogens is 429 g/mol. The first kappa shape index (κ1) is 21.9. The maximum absolute atomic E-state index is 14.6. The lowest BCUT2D eigenvalue weighted by molar-refractivity contribution is 0.261. The van der Waals surface area contributed by atoms with Crippen LogP contribution in [0.4, 0.5) is 20.8 Å². The van der Waals surface area contributed by atoms with Gasteiger partial charge in [0.15, 0.2) is 5.82 Å². The number of carbonyl (C=O) groups excluding carboxylic acids is 1. The number of aryl methyl sites for hydroxylation is 1. The molecule has 2 N–H and O–H groups in total. The van der Waals surface area contributed by atoms with Crippen LogP contribution in [0.15, 0.2) is 53.6 Å². The van der Waals surface area contributed by atoms with E-state index in [2.05, 4.69) is 30.7 Å². The molecule has 0 saturated carbocycles. The van der Waals surface area contributed by atoms with E-state index in [-0.39, 0.29) is 28.6 Å². The summed E-state index contributed by atoms with van der Waals surface area (Å²) in [5.74, 6) is 0.281. The van der Waals surface area contributed by atoms with E-state index in [1.165, 1.54) is 18.3 Å². The van der Waals surface area contributed by atoms with Gasteiger partial charge in [-0.15, -0.1) is 0 Å². The van der Waals surface area contributed by atoms with Gasteiger partial charge in [-0.05, 0) is 12.1 Å². The number of carbonyl (C=O) groups is 1. The Labute approximate surface area is 188 Å². The summed E-state index contributed by atoms with van der Waals surface area (Å²) in [7, 11) is 1.84. The molecule has 170 valence electrons. The number of halogens is 1. The van der Waals surface area contributed by atoms with Crippen LogP contribution < -0.4 is 15.4 Å². The number of hydrogen-bond donors (Lipinski definition) is 2. The van der Waals surface area contributed by atoms with Gasteiger partial charge < -0.3 is 19.1 Å². The summed E-state index contributed by atoms with van der Waals surface area (Å²) in [5, 5.41) is 8.83. The van der Waals surface area contributed by atoms with Crippen LogP contribution in [0.25, 0.3) is 11.5 Å². The van der Waals surface area contributed by atoms with Crippen molar-refractivity contribution in [1.29, 1.82) is 0 Å². The van der Waals surface area contributed by atoms with Crippen molar-refractivity contribution in [2.75, 3.05) is 10.6 Å². The predicted octanol–water partition coefficient (Wildman–Crippen LogP) is 4.74. The van der Waals surface area contributed by atoms with E-state index in [0.29, 0.717) is 17.2 Å². The highest BCUT2D eigenvalue weighted by Crippen LogP contribution is 2.26. The normalized spacial score (nSPS) is 11.3. The van der Waals surface area contributed by atoms with Gasteiger partial charge in [0.05, 0.1) is 17.7 Å². The molecule has 11 heteroatoms. The van der Waals surface area contributed by atoms with Gasteiger partial charge in [0, 0.05) is 43.1 Å². The number of nitrogens with zero attached hydrogens (tertiary/aromatic N) is 5. The molecule has 4 rings (SSSR count). The van der Waals surface area contributed by atoms with Crippen LogP contribution in [0.5, 0.6) is 11.6 Å². The van der Waals surface area contributed by atoms with E-state index in [4.69, 9.17) is 9.26 Å². The second-order valence-electron chi connectivity index (χ2n) is 8.29. The average molecular weight is 451 g/mol. The first-order valence-corrected chi connectivity index (χ1v) is 10.0. The second kappa shape index (κ2) is 8.69. The van der Waals surface area contributed by atoms with Crippen LogP contribution in [0.1, 0.15) is 26.5 Å². The summed E-state index contributed by atoms with van der Waals surface area (Å²) in [6, 6.07) is 6.53. The molecule has 0 unspecified atom stereocenters. The fourth-order valence-corrected chi connectivity index (χ4v) is 2.79. The molecule has 0 atom stereocenters. The van der Waals surface area contributed by atoms with Crippen LogP contribution in [-0.2, 0) is 12.5 Å². The minimum absolute atomic E-state index is 0.0349. The lowest BCUT2D eigenvalue weighted by atomic mass is 9.92. The average Bonchev–Trinajstić information content (AvgIpc) is 3.39.